The van der Waals surface area contributed by atoms with Crippen molar-refractivity contribution in [1.82, 2.24) is 14.8 Å². The van der Waals surface area contributed by atoms with Crippen molar-refractivity contribution in [1.29, 1.82) is 0 Å². The van der Waals surface area contributed by atoms with E-state index in [1.165, 1.54) is 12.8 Å². The Morgan fingerprint density at radius 1 is 1.25 bits per heavy atom. The topological polar surface area (TPSA) is 58.0 Å². The fraction of sp³-hybridized carbons (Fsp3) is 0.682. The Labute approximate surface area is 170 Å². The number of hydrogen-bond acceptors (Lipinski definition) is 5. The highest BCUT2D eigenvalue weighted by atomic mass is 16.6. The first-order chi connectivity index (χ1) is 13.2. The van der Waals surface area contributed by atoms with Gasteiger partial charge in [-0.1, -0.05) is 6.42 Å². The molecule has 28 heavy (non-hydrogen) atoms. The summed E-state index contributed by atoms with van der Waals surface area (Å²) in [6, 6.07) is 4.46. The van der Waals surface area contributed by atoms with E-state index in [2.05, 4.69) is 29.0 Å². The second kappa shape index (κ2) is 10.6. The quantitative estimate of drug-likeness (QED) is 0.447. The molecule has 0 aliphatic heterocycles. The van der Waals surface area contributed by atoms with Crippen LogP contribution in [0, 0.1) is 0 Å². The predicted octanol–water partition coefficient (Wildman–Crippen LogP) is 4.13. The number of amides is 1. The fourth-order valence-corrected chi connectivity index (χ4v) is 2.74. The second-order valence-corrected chi connectivity index (χ2v) is 8.86. The molecule has 0 atom stereocenters. The molecule has 0 aromatic carbocycles. The van der Waals surface area contributed by atoms with Crippen LogP contribution >= 0.6 is 0 Å². The van der Waals surface area contributed by atoms with Gasteiger partial charge in [-0.2, -0.15) is 0 Å². The summed E-state index contributed by atoms with van der Waals surface area (Å²) in [5.74, 6) is 0. The van der Waals surface area contributed by atoms with Crippen molar-refractivity contribution in [2.24, 2.45) is 4.99 Å². The van der Waals surface area contributed by atoms with E-state index >= 15 is 0 Å². The van der Waals surface area contributed by atoms with Gasteiger partial charge in [0.25, 0.3) is 0 Å². The van der Waals surface area contributed by atoms with Crippen molar-refractivity contribution in [3.63, 3.8) is 0 Å². The van der Waals surface area contributed by atoms with Crippen molar-refractivity contribution in [3.05, 3.63) is 29.6 Å². The first-order valence-corrected chi connectivity index (χ1v) is 10.3. The average molecular weight is 389 g/mol. The summed E-state index contributed by atoms with van der Waals surface area (Å²) in [6.07, 6.45) is 8.97. The van der Waals surface area contributed by atoms with Gasteiger partial charge in [-0.05, 0) is 84.8 Å². The lowest BCUT2D eigenvalue weighted by Crippen LogP contribution is -2.37. The van der Waals surface area contributed by atoms with Crippen molar-refractivity contribution in [3.8, 4) is 0 Å². The van der Waals surface area contributed by atoms with E-state index in [9.17, 15) is 4.79 Å². The molecule has 1 aromatic heterocycles. The molecule has 0 bridgehead atoms. The van der Waals surface area contributed by atoms with E-state index in [1.807, 2.05) is 39.1 Å². The highest BCUT2D eigenvalue weighted by Crippen LogP contribution is 2.23. The maximum absolute atomic E-state index is 12.7. The molecule has 0 spiro atoms. The molecule has 1 aromatic rings. The molecule has 1 fully saturated rings. The molecule has 2 rings (SSSR count). The molecule has 1 heterocycles. The number of rotatable bonds is 10. The summed E-state index contributed by atoms with van der Waals surface area (Å²) in [6.45, 7) is 7.88. The zero-order valence-electron chi connectivity index (χ0n) is 18.1. The van der Waals surface area contributed by atoms with Crippen molar-refractivity contribution < 1.29 is 9.53 Å². The summed E-state index contributed by atoms with van der Waals surface area (Å²) in [5, 5.41) is 0. The Morgan fingerprint density at radius 2 is 1.96 bits per heavy atom. The molecule has 1 aliphatic carbocycles. The summed E-state index contributed by atoms with van der Waals surface area (Å²) in [7, 11) is 4.16. The van der Waals surface area contributed by atoms with Gasteiger partial charge in [0.15, 0.2) is 0 Å². The van der Waals surface area contributed by atoms with Gasteiger partial charge in [0.1, 0.15) is 5.60 Å². The fourth-order valence-electron chi connectivity index (χ4n) is 2.74. The number of hydrogen-bond donors (Lipinski definition) is 0. The maximum atomic E-state index is 12.7. The van der Waals surface area contributed by atoms with Crippen LogP contribution in [0.1, 0.15) is 64.1 Å². The Balaban J connectivity index is 1.97. The van der Waals surface area contributed by atoms with Gasteiger partial charge < -0.3 is 14.5 Å². The smallest absolute Gasteiger partial charge is 0.410 e. The maximum Gasteiger partial charge on any atom is 0.410 e. The Bertz CT molecular complexity index is 648. The van der Waals surface area contributed by atoms with E-state index in [-0.39, 0.29) is 6.09 Å². The first kappa shape index (κ1) is 22.3. The van der Waals surface area contributed by atoms with E-state index in [1.54, 1.807) is 11.1 Å². The molecule has 0 radical (unpaired) electrons. The third-order valence-corrected chi connectivity index (χ3v) is 4.36. The molecule has 0 unspecified atom stereocenters. The number of ether oxygens (including phenoxy) is 1. The molecular formula is C22H36N4O2. The Kier molecular flexibility index (Phi) is 8.42. The van der Waals surface area contributed by atoms with Crippen LogP contribution in [-0.4, -0.2) is 65.9 Å². The first-order valence-electron chi connectivity index (χ1n) is 10.3. The molecule has 1 aliphatic rings. The standard InChI is InChI=1S/C22H36N4O2/c1-22(2,3)28-21(27)26(14-8-6-7-13-25(4)5)17-20-15-18(11-12-23-20)16-24-19-9-10-19/h11-12,15-16,19H,6-10,13-14,17H2,1-5H3. The van der Waals surface area contributed by atoms with Gasteiger partial charge in [0, 0.05) is 19.0 Å². The number of carbonyl (C=O) groups is 1. The number of pyridine rings is 1. The number of aromatic nitrogens is 1. The molecule has 6 nitrogen and oxygen atoms in total. The number of nitrogens with zero attached hydrogens (tertiary/aromatic N) is 4. The Hall–Kier alpha value is -1.95. The molecule has 0 N–H and O–H groups in total. The van der Waals surface area contributed by atoms with Crippen LogP contribution in [0.5, 0.6) is 0 Å². The minimum Gasteiger partial charge on any atom is -0.444 e. The monoisotopic (exact) mass is 388 g/mol. The summed E-state index contributed by atoms with van der Waals surface area (Å²) >= 11 is 0. The van der Waals surface area contributed by atoms with Crippen LogP contribution in [0.2, 0.25) is 0 Å². The van der Waals surface area contributed by atoms with E-state index < -0.39 is 5.60 Å². The lowest BCUT2D eigenvalue weighted by atomic mass is 10.2. The summed E-state index contributed by atoms with van der Waals surface area (Å²) in [5.41, 5.74) is 1.39. The second-order valence-electron chi connectivity index (χ2n) is 8.86. The van der Waals surface area contributed by atoms with Crippen LogP contribution in [0.15, 0.2) is 23.3 Å². The molecule has 1 amide bonds. The SMILES string of the molecule is CN(C)CCCCCN(Cc1cc(C=NC2CC2)ccn1)C(=O)OC(C)(C)C. The largest absolute Gasteiger partial charge is 0.444 e. The van der Waals surface area contributed by atoms with Crippen molar-refractivity contribution >= 4 is 12.3 Å². The van der Waals surface area contributed by atoms with Crippen LogP contribution in [-0.2, 0) is 11.3 Å². The van der Waals surface area contributed by atoms with Gasteiger partial charge in [-0.3, -0.25) is 9.98 Å². The third-order valence-electron chi connectivity index (χ3n) is 4.36. The van der Waals surface area contributed by atoms with E-state index in [0.717, 1.165) is 37.1 Å². The summed E-state index contributed by atoms with van der Waals surface area (Å²) < 4.78 is 5.61. The lowest BCUT2D eigenvalue weighted by molar-refractivity contribution is 0.0227. The number of unbranched alkanes of at least 4 members (excludes halogenated alkanes) is 2. The Morgan fingerprint density at radius 3 is 2.61 bits per heavy atom. The zero-order valence-corrected chi connectivity index (χ0v) is 18.1. The predicted molar refractivity (Wildman–Crippen MR) is 114 cm³/mol. The van der Waals surface area contributed by atoms with Crippen molar-refractivity contribution in [2.75, 3.05) is 27.2 Å². The van der Waals surface area contributed by atoms with Crippen LogP contribution in [0.3, 0.4) is 0 Å². The molecule has 1 saturated carbocycles. The van der Waals surface area contributed by atoms with Crippen LogP contribution in [0.4, 0.5) is 4.79 Å². The average Bonchev–Trinajstić information content (AvgIpc) is 3.41. The number of carbonyl (C=O) groups excluding carboxylic acids is 1. The van der Waals surface area contributed by atoms with Gasteiger partial charge in [0.05, 0.1) is 18.3 Å². The number of aliphatic imine (C=N–C) groups is 1. The van der Waals surface area contributed by atoms with Gasteiger partial charge >= 0.3 is 6.09 Å². The van der Waals surface area contributed by atoms with Gasteiger partial charge in [0.2, 0.25) is 0 Å². The highest BCUT2D eigenvalue weighted by Gasteiger charge is 2.22. The van der Waals surface area contributed by atoms with E-state index in [0.29, 0.717) is 19.1 Å². The van der Waals surface area contributed by atoms with Gasteiger partial charge in [-0.25, -0.2) is 4.79 Å². The minimum atomic E-state index is -0.507. The molecule has 156 valence electrons. The zero-order chi connectivity index (χ0) is 20.6. The highest BCUT2D eigenvalue weighted by molar-refractivity contribution is 5.79. The van der Waals surface area contributed by atoms with E-state index in [4.69, 9.17) is 4.74 Å². The molecule has 6 heteroatoms. The summed E-state index contributed by atoms with van der Waals surface area (Å²) in [4.78, 5) is 25.6. The van der Waals surface area contributed by atoms with Crippen LogP contribution < -0.4 is 0 Å². The normalized spacial score (nSPS) is 14.6. The molecule has 0 saturated heterocycles. The van der Waals surface area contributed by atoms with Crippen LogP contribution in [0.25, 0.3) is 0 Å². The lowest BCUT2D eigenvalue weighted by Gasteiger charge is -2.27. The minimum absolute atomic E-state index is 0.279. The third kappa shape index (κ3) is 9.31. The van der Waals surface area contributed by atoms with Crippen molar-refractivity contribution in [2.45, 2.75) is 71.1 Å². The van der Waals surface area contributed by atoms with Gasteiger partial charge in [-0.15, -0.1) is 0 Å². The molecular weight excluding hydrogens is 352 g/mol.